The van der Waals surface area contributed by atoms with Crippen molar-refractivity contribution in [3.63, 3.8) is 0 Å². The van der Waals surface area contributed by atoms with Gasteiger partial charge in [0.1, 0.15) is 16.5 Å². The average Bonchev–Trinajstić information content (AvgIpc) is 3.01. The van der Waals surface area contributed by atoms with Crippen LogP contribution in [0.5, 0.6) is 5.75 Å². The second-order valence-electron chi connectivity index (χ2n) is 4.38. The molecule has 2 rings (SSSR count). The van der Waals surface area contributed by atoms with E-state index in [0.29, 0.717) is 12.2 Å². The number of aromatic nitrogens is 1. The molecule has 0 aliphatic heterocycles. The fourth-order valence-corrected chi connectivity index (χ4v) is 2.58. The van der Waals surface area contributed by atoms with Crippen LogP contribution in [0.15, 0.2) is 29.6 Å². The van der Waals surface area contributed by atoms with Gasteiger partial charge in [-0.1, -0.05) is 6.92 Å². The first-order valence-corrected chi connectivity index (χ1v) is 7.71. The fourth-order valence-electron chi connectivity index (χ4n) is 1.78. The van der Waals surface area contributed by atoms with Gasteiger partial charge in [0, 0.05) is 24.0 Å². The van der Waals surface area contributed by atoms with Gasteiger partial charge < -0.3 is 15.4 Å². The Balaban J connectivity index is 1.98. The Bertz CT molecular complexity index is 581. The maximum Gasteiger partial charge on any atom is 0.270 e. The summed E-state index contributed by atoms with van der Waals surface area (Å²) >= 11 is 1.46. The number of rotatable bonds is 7. The zero-order chi connectivity index (χ0) is 15.1. The van der Waals surface area contributed by atoms with Crippen molar-refractivity contribution < 1.29 is 9.53 Å². The van der Waals surface area contributed by atoms with E-state index in [1.807, 2.05) is 31.2 Å². The number of nitrogens with zero attached hydrogens (tertiary/aromatic N) is 1. The van der Waals surface area contributed by atoms with Gasteiger partial charge in [-0.05, 0) is 30.8 Å². The van der Waals surface area contributed by atoms with E-state index >= 15 is 0 Å². The van der Waals surface area contributed by atoms with Crippen molar-refractivity contribution in [2.24, 2.45) is 0 Å². The third-order valence-electron chi connectivity index (χ3n) is 2.91. The van der Waals surface area contributed by atoms with E-state index in [1.54, 1.807) is 12.5 Å². The summed E-state index contributed by atoms with van der Waals surface area (Å²) in [6.07, 6.45) is 0. The molecule has 0 bridgehead atoms. The Morgan fingerprint density at radius 3 is 2.71 bits per heavy atom. The highest BCUT2D eigenvalue weighted by atomic mass is 32.1. The summed E-state index contributed by atoms with van der Waals surface area (Å²) in [6, 6.07) is 7.63. The Morgan fingerprint density at radius 2 is 2.05 bits per heavy atom. The van der Waals surface area contributed by atoms with Crippen LogP contribution in [0.3, 0.4) is 0 Å². The maximum absolute atomic E-state index is 11.9. The third kappa shape index (κ3) is 4.27. The van der Waals surface area contributed by atoms with E-state index in [1.165, 1.54) is 11.3 Å². The molecule has 2 aromatic rings. The predicted molar refractivity (Wildman–Crippen MR) is 85.0 cm³/mol. The minimum Gasteiger partial charge on any atom is -0.497 e. The number of hydrogen-bond donors (Lipinski definition) is 2. The number of carbonyl (C=O) groups is 1. The Kier molecular flexibility index (Phi) is 5.71. The Labute approximate surface area is 128 Å². The number of amides is 1. The van der Waals surface area contributed by atoms with Gasteiger partial charge in [-0.2, -0.15) is 0 Å². The van der Waals surface area contributed by atoms with Crippen molar-refractivity contribution in [2.75, 3.05) is 26.7 Å². The number of thiazole rings is 1. The van der Waals surface area contributed by atoms with Gasteiger partial charge >= 0.3 is 0 Å². The lowest BCUT2D eigenvalue weighted by Crippen LogP contribution is -2.31. The smallest absolute Gasteiger partial charge is 0.270 e. The van der Waals surface area contributed by atoms with Crippen LogP contribution in [-0.4, -0.2) is 37.6 Å². The van der Waals surface area contributed by atoms with Crippen molar-refractivity contribution in [3.05, 3.63) is 35.3 Å². The van der Waals surface area contributed by atoms with Gasteiger partial charge in [0.25, 0.3) is 5.91 Å². The SMILES string of the molecule is CCNCCNC(=O)c1csc(-c2ccc(OC)cc2)n1. The van der Waals surface area contributed by atoms with Crippen LogP contribution in [-0.2, 0) is 0 Å². The number of nitrogens with one attached hydrogen (secondary N) is 2. The minimum atomic E-state index is -0.135. The Morgan fingerprint density at radius 1 is 1.29 bits per heavy atom. The third-order valence-corrected chi connectivity index (χ3v) is 3.80. The molecule has 0 aliphatic carbocycles. The molecule has 0 saturated heterocycles. The molecule has 1 aromatic carbocycles. The molecule has 0 radical (unpaired) electrons. The standard InChI is InChI=1S/C15H19N3O2S/c1-3-16-8-9-17-14(19)13-10-21-15(18-13)11-4-6-12(20-2)7-5-11/h4-7,10,16H,3,8-9H2,1-2H3,(H,17,19). The molecule has 6 heteroatoms. The summed E-state index contributed by atoms with van der Waals surface area (Å²) in [4.78, 5) is 16.3. The summed E-state index contributed by atoms with van der Waals surface area (Å²) in [5.41, 5.74) is 1.44. The number of ether oxygens (including phenoxy) is 1. The van der Waals surface area contributed by atoms with E-state index in [9.17, 15) is 4.79 Å². The maximum atomic E-state index is 11.9. The molecular weight excluding hydrogens is 286 g/mol. The monoisotopic (exact) mass is 305 g/mol. The number of hydrogen-bond acceptors (Lipinski definition) is 5. The molecular formula is C15H19N3O2S. The van der Waals surface area contributed by atoms with E-state index < -0.39 is 0 Å². The molecule has 21 heavy (non-hydrogen) atoms. The zero-order valence-electron chi connectivity index (χ0n) is 12.2. The lowest BCUT2D eigenvalue weighted by Gasteiger charge is -2.03. The quantitative estimate of drug-likeness (QED) is 0.770. The van der Waals surface area contributed by atoms with Gasteiger partial charge in [-0.3, -0.25) is 4.79 Å². The van der Waals surface area contributed by atoms with Crippen molar-refractivity contribution in [1.82, 2.24) is 15.6 Å². The highest BCUT2D eigenvalue weighted by Gasteiger charge is 2.11. The van der Waals surface area contributed by atoms with E-state index in [-0.39, 0.29) is 5.91 Å². The van der Waals surface area contributed by atoms with Crippen LogP contribution in [0.1, 0.15) is 17.4 Å². The molecule has 5 nitrogen and oxygen atoms in total. The molecule has 0 spiro atoms. The highest BCUT2D eigenvalue weighted by molar-refractivity contribution is 7.13. The topological polar surface area (TPSA) is 63.2 Å². The summed E-state index contributed by atoms with van der Waals surface area (Å²) in [5, 5.41) is 8.60. The van der Waals surface area contributed by atoms with Gasteiger partial charge in [0.15, 0.2) is 0 Å². The minimum absolute atomic E-state index is 0.135. The Hall–Kier alpha value is -1.92. The molecule has 1 aromatic heterocycles. The van der Waals surface area contributed by atoms with Crippen LogP contribution in [0, 0.1) is 0 Å². The van der Waals surface area contributed by atoms with Crippen molar-refractivity contribution in [3.8, 4) is 16.3 Å². The summed E-state index contributed by atoms with van der Waals surface area (Å²) < 4.78 is 5.13. The first-order chi connectivity index (χ1) is 10.2. The van der Waals surface area contributed by atoms with Crippen LogP contribution in [0.25, 0.3) is 10.6 Å². The van der Waals surface area contributed by atoms with Gasteiger partial charge in [-0.15, -0.1) is 11.3 Å². The first-order valence-electron chi connectivity index (χ1n) is 6.83. The largest absolute Gasteiger partial charge is 0.497 e. The van der Waals surface area contributed by atoms with Crippen LogP contribution in [0.2, 0.25) is 0 Å². The average molecular weight is 305 g/mol. The predicted octanol–water partition coefficient (Wildman–Crippen LogP) is 2.16. The van der Waals surface area contributed by atoms with Crippen molar-refractivity contribution in [1.29, 1.82) is 0 Å². The number of carbonyl (C=O) groups excluding carboxylic acids is 1. The molecule has 112 valence electrons. The van der Waals surface area contributed by atoms with Gasteiger partial charge in [0.2, 0.25) is 0 Å². The van der Waals surface area contributed by atoms with E-state index in [4.69, 9.17) is 4.74 Å². The van der Waals surface area contributed by atoms with Crippen molar-refractivity contribution >= 4 is 17.2 Å². The second-order valence-corrected chi connectivity index (χ2v) is 5.23. The van der Waals surface area contributed by atoms with Crippen molar-refractivity contribution in [2.45, 2.75) is 6.92 Å². The lowest BCUT2D eigenvalue weighted by molar-refractivity contribution is 0.0950. The molecule has 2 N–H and O–H groups in total. The summed E-state index contributed by atoms with van der Waals surface area (Å²) in [7, 11) is 1.63. The van der Waals surface area contributed by atoms with Crippen LogP contribution >= 0.6 is 11.3 Å². The second kappa shape index (κ2) is 7.75. The molecule has 1 heterocycles. The van der Waals surface area contributed by atoms with Gasteiger partial charge in [0.05, 0.1) is 7.11 Å². The molecule has 0 saturated carbocycles. The summed E-state index contributed by atoms with van der Waals surface area (Å²) in [6.45, 7) is 4.29. The molecule has 1 amide bonds. The van der Waals surface area contributed by atoms with E-state index in [2.05, 4.69) is 15.6 Å². The van der Waals surface area contributed by atoms with Crippen LogP contribution in [0.4, 0.5) is 0 Å². The zero-order valence-corrected chi connectivity index (χ0v) is 13.0. The lowest BCUT2D eigenvalue weighted by atomic mass is 10.2. The molecule has 0 fully saturated rings. The van der Waals surface area contributed by atoms with Gasteiger partial charge in [-0.25, -0.2) is 4.98 Å². The molecule has 0 atom stereocenters. The van der Waals surface area contributed by atoms with E-state index in [0.717, 1.165) is 29.4 Å². The molecule has 0 unspecified atom stereocenters. The number of methoxy groups -OCH3 is 1. The van der Waals surface area contributed by atoms with Crippen LogP contribution < -0.4 is 15.4 Å². The highest BCUT2D eigenvalue weighted by Crippen LogP contribution is 2.25. The number of benzene rings is 1. The summed E-state index contributed by atoms with van der Waals surface area (Å²) in [5.74, 6) is 0.667. The number of likely N-dealkylation sites (N-methyl/N-ethyl adjacent to an activating group) is 1. The fraction of sp³-hybridized carbons (Fsp3) is 0.333. The first kappa shape index (κ1) is 15.5. The molecule has 0 aliphatic rings. The normalized spacial score (nSPS) is 10.4.